The Morgan fingerprint density at radius 3 is 2.58 bits per heavy atom. The fourth-order valence-electron chi connectivity index (χ4n) is 3.59. The van der Waals surface area contributed by atoms with Crippen LogP contribution in [0.1, 0.15) is 29.6 Å². The summed E-state index contributed by atoms with van der Waals surface area (Å²) in [5.41, 5.74) is 0.660. The van der Waals surface area contributed by atoms with E-state index in [0.29, 0.717) is 24.1 Å². The van der Waals surface area contributed by atoms with Crippen molar-refractivity contribution in [2.75, 3.05) is 33.3 Å². The van der Waals surface area contributed by atoms with E-state index in [1.54, 1.807) is 11.0 Å². The molecule has 2 heterocycles. The van der Waals surface area contributed by atoms with Gasteiger partial charge in [-0.25, -0.2) is 0 Å². The molecule has 1 amide bonds. The third-order valence-electron chi connectivity index (χ3n) is 5.07. The van der Waals surface area contributed by atoms with Gasteiger partial charge in [-0.05, 0) is 49.4 Å². The fraction of sp³-hybridized carbons (Fsp3) is 0.588. The lowest BCUT2D eigenvalue weighted by atomic mass is 9.78. The summed E-state index contributed by atoms with van der Waals surface area (Å²) in [6.45, 7) is 0.480. The molecular weight excluding hydrogens is 318 g/mol. The molecule has 1 aromatic carbocycles. The fourth-order valence-corrected chi connectivity index (χ4v) is 3.59. The molecule has 0 aromatic heterocycles. The van der Waals surface area contributed by atoms with E-state index in [1.807, 2.05) is 0 Å². The number of nitrogens with one attached hydrogen (secondary N) is 1. The summed E-state index contributed by atoms with van der Waals surface area (Å²) >= 11 is 0. The second-order valence-corrected chi connectivity index (χ2v) is 6.46. The maximum absolute atomic E-state index is 12.7. The Morgan fingerprint density at radius 1 is 1.25 bits per heavy atom. The van der Waals surface area contributed by atoms with Crippen molar-refractivity contribution < 1.29 is 23.0 Å². The lowest BCUT2D eigenvalue weighted by Gasteiger charge is -2.39. The molecule has 2 aliphatic rings. The highest BCUT2D eigenvalue weighted by molar-refractivity contribution is 5.95. The minimum Gasteiger partial charge on any atom is -0.493 e. The zero-order valence-electron chi connectivity index (χ0n) is 13.7. The van der Waals surface area contributed by atoms with Crippen molar-refractivity contribution in [1.29, 1.82) is 0 Å². The largest absolute Gasteiger partial charge is 0.493 e. The van der Waals surface area contributed by atoms with Crippen LogP contribution in [0, 0.1) is 5.41 Å². The standard InChI is InChI=1S/C17H22F2N2O3/c1-23-13-3-2-12(10-14(13)24-16(18)19)15(22)21-8-5-17(6-9-21)4-7-20-11-17/h2-3,10,16,20H,4-9,11H2,1H3. The Labute approximate surface area is 139 Å². The number of carbonyl (C=O) groups is 1. The van der Waals surface area contributed by atoms with Gasteiger partial charge in [0.2, 0.25) is 0 Å². The first kappa shape index (κ1) is 17.0. The van der Waals surface area contributed by atoms with Crippen molar-refractivity contribution in [3.05, 3.63) is 23.8 Å². The number of alkyl halides is 2. The van der Waals surface area contributed by atoms with Gasteiger partial charge in [-0.3, -0.25) is 4.79 Å². The molecule has 0 atom stereocenters. The number of methoxy groups -OCH3 is 1. The highest BCUT2D eigenvalue weighted by Gasteiger charge is 2.38. The van der Waals surface area contributed by atoms with Gasteiger partial charge in [0.05, 0.1) is 7.11 Å². The summed E-state index contributed by atoms with van der Waals surface area (Å²) in [5.74, 6) is -0.0918. The quantitative estimate of drug-likeness (QED) is 0.915. The average Bonchev–Trinajstić information content (AvgIpc) is 3.02. The van der Waals surface area contributed by atoms with Crippen molar-refractivity contribution in [3.8, 4) is 11.5 Å². The summed E-state index contributed by atoms with van der Waals surface area (Å²) in [7, 11) is 1.37. The molecule has 0 aliphatic carbocycles. The molecule has 132 valence electrons. The number of hydrogen-bond acceptors (Lipinski definition) is 4. The highest BCUT2D eigenvalue weighted by Crippen LogP contribution is 2.37. The predicted molar refractivity (Wildman–Crippen MR) is 84.7 cm³/mol. The topological polar surface area (TPSA) is 50.8 Å². The number of amides is 1. The number of likely N-dealkylation sites (tertiary alicyclic amines) is 1. The summed E-state index contributed by atoms with van der Waals surface area (Å²) < 4.78 is 34.5. The van der Waals surface area contributed by atoms with Gasteiger partial charge in [0.25, 0.3) is 5.91 Å². The van der Waals surface area contributed by atoms with Gasteiger partial charge in [-0.2, -0.15) is 8.78 Å². The van der Waals surface area contributed by atoms with Gasteiger partial charge >= 0.3 is 6.61 Å². The van der Waals surface area contributed by atoms with Crippen molar-refractivity contribution in [2.45, 2.75) is 25.9 Å². The van der Waals surface area contributed by atoms with E-state index < -0.39 is 6.61 Å². The molecule has 2 aliphatic heterocycles. The molecule has 0 bridgehead atoms. The van der Waals surface area contributed by atoms with Crippen LogP contribution in [-0.2, 0) is 0 Å². The van der Waals surface area contributed by atoms with E-state index in [9.17, 15) is 13.6 Å². The Balaban J connectivity index is 1.71. The van der Waals surface area contributed by atoms with Gasteiger partial charge in [-0.15, -0.1) is 0 Å². The van der Waals surface area contributed by atoms with Gasteiger partial charge in [0.1, 0.15) is 0 Å². The molecule has 1 aromatic rings. The molecule has 1 N–H and O–H groups in total. The first-order valence-corrected chi connectivity index (χ1v) is 8.16. The normalized spacial score (nSPS) is 19.8. The van der Waals surface area contributed by atoms with E-state index in [-0.39, 0.29) is 17.4 Å². The Kier molecular flexibility index (Phi) is 4.89. The van der Waals surface area contributed by atoms with Gasteiger partial charge in [-0.1, -0.05) is 0 Å². The van der Waals surface area contributed by atoms with E-state index in [4.69, 9.17) is 4.74 Å². The number of piperidine rings is 1. The van der Waals surface area contributed by atoms with Gasteiger partial charge in [0, 0.05) is 25.2 Å². The molecule has 24 heavy (non-hydrogen) atoms. The molecule has 0 saturated carbocycles. The average molecular weight is 340 g/mol. The Bertz CT molecular complexity index is 593. The Morgan fingerprint density at radius 2 is 2.00 bits per heavy atom. The van der Waals surface area contributed by atoms with Crippen molar-refractivity contribution in [2.24, 2.45) is 5.41 Å². The smallest absolute Gasteiger partial charge is 0.387 e. The van der Waals surface area contributed by atoms with Gasteiger partial charge in [0.15, 0.2) is 11.5 Å². The van der Waals surface area contributed by atoms with Crippen LogP contribution in [0.15, 0.2) is 18.2 Å². The highest BCUT2D eigenvalue weighted by atomic mass is 19.3. The Hall–Kier alpha value is -1.89. The SMILES string of the molecule is COc1ccc(C(=O)N2CCC3(CCNC3)CC2)cc1OC(F)F. The summed E-state index contributed by atoms with van der Waals surface area (Å²) in [4.78, 5) is 14.5. The molecule has 3 rings (SSSR count). The maximum Gasteiger partial charge on any atom is 0.387 e. The number of rotatable bonds is 4. The van der Waals surface area contributed by atoms with Crippen molar-refractivity contribution >= 4 is 5.91 Å². The number of benzene rings is 1. The molecule has 2 fully saturated rings. The van der Waals surface area contributed by atoms with E-state index in [0.717, 1.165) is 32.4 Å². The zero-order chi connectivity index (χ0) is 17.2. The third-order valence-corrected chi connectivity index (χ3v) is 5.07. The predicted octanol–water partition coefficient (Wildman–Crippen LogP) is 2.51. The van der Waals surface area contributed by atoms with E-state index in [1.165, 1.54) is 19.2 Å². The van der Waals surface area contributed by atoms with E-state index >= 15 is 0 Å². The molecule has 7 heteroatoms. The van der Waals surface area contributed by atoms with Crippen molar-refractivity contribution in [3.63, 3.8) is 0 Å². The molecule has 0 unspecified atom stereocenters. The summed E-state index contributed by atoms with van der Waals surface area (Å²) in [5, 5.41) is 3.39. The van der Waals surface area contributed by atoms with Crippen LogP contribution >= 0.6 is 0 Å². The van der Waals surface area contributed by atoms with Crippen LogP contribution in [-0.4, -0.2) is 50.7 Å². The second-order valence-electron chi connectivity index (χ2n) is 6.46. The zero-order valence-corrected chi connectivity index (χ0v) is 13.7. The number of carbonyl (C=O) groups excluding carboxylic acids is 1. The molecule has 1 spiro atoms. The number of halogens is 2. The van der Waals surface area contributed by atoms with Crippen LogP contribution in [0.5, 0.6) is 11.5 Å². The van der Waals surface area contributed by atoms with Crippen LogP contribution in [0.2, 0.25) is 0 Å². The maximum atomic E-state index is 12.7. The number of hydrogen-bond donors (Lipinski definition) is 1. The molecule has 2 saturated heterocycles. The monoisotopic (exact) mass is 340 g/mol. The third kappa shape index (κ3) is 3.45. The summed E-state index contributed by atoms with van der Waals surface area (Å²) in [6.07, 6.45) is 3.11. The number of nitrogens with zero attached hydrogens (tertiary/aromatic N) is 1. The molecule has 5 nitrogen and oxygen atoms in total. The van der Waals surface area contributed by atoms with Crippen molar-refractivity contribution in [1.82, 2.24) is 10.2 Å². The molecular formula is C17H22F2N2O3. The van der Waals surface area contributed by atoms with E-state index in [2.05, 4.69) is 10.1 Å². The lowest BCUT2D eigenvalue weighted by Crippen LogP contribution is -2.44. The second kappa shape index (κ2) is 6.93. The lowest BCUT2D eigenvalue weighted by molar-refractivity contribution is -0.0512. The minimum absolute atomic E-state index is 0.119. The molecule has 0 radical (unpaired) electrons. The first-order valence-electron chi connectivity index (χ1n) is 8.16. The van der Waals surface area contributed by atoms with Crippen LogP contribution in [0.25, 0.3) is 0 Å². The summed E-state index contributed by atoms with van der Waals surface area (Å²) in [6, 6.07) is 4.40. The first-order chi connectivity index (χ1) is 11.5. The van der Waals surface area contributed by atoms with Crippen LogP contribution in [0.3, 0.4) is 0 Å². The minimum atomic E-state index is -2.96. The van der Waals surface area contributed by atoms with Crippen LogP contribution < -0.4 is 14.8 Å². The van der Waals surface area contributed by atoms with Gasteiger partial charge < -0.3 is 19.7 Å². The number of ether oxygens (including phenoxy) is 2. The van der Waals surface area contributed by atoms with Crippen LogP contribution in [0.4, 0.5) is 8.78 Å².